The second-order valence-corrected chi connectivity index (χ2v) is 5.72. The molecule has 2 fully saturated rings. The van der Waals surface area contributed by atoms with Crippen LogP contribution in [0.4, 0.5) is 0 Å². The van der Waals surface area contributed by atoms with Crippen LogP contribution in [0.15, 0.2) is 0 Å². The molecule has 15 heavy (non-hydrogen) atoms. The molecule has 2 nitrogen and oxygen atoms in total. The van der Waals surface area contributed by atoms with Gasteiger partial charge in [-0.15, -0.1) is 0 Å². The van der Waals surface area contributed by atoms with E-state index >= 15 is 0 Å². The van der Waals surface area contributed by atoms with Crippen LogP contribution in [0, 0.1) is 17.8 Å². The molecule has 1 aliphatic heterocycles. The lowest BCUT2D eigenvalue weighted by atomic mass is 9.82. The molecule has 0 amide bonds. The molecule has 2 heteroatoms. The van der Waals surface area contributed by atoms with Crippen molar-refractivity contribution in [3.05, 3.63) is 0 Å². The lowest BCUT2D eigenvalue weighted by Gasteiger charge is -2.32. The molecule has 0 aromatic heterocycles. The van der Waals surface area contributed by atoms with Gasteiger partial charge in [0.1, 0.15) is 0 Å². The van der Waals surface area contributed by atoms with Gasteiger partial charge in [-0.2, -0.15) is 0 Å². The number of hydrogen-bond donors (Lipinski definition) is 1. The lowest BCUT2D eigenvalue weighted by molar-refractivity contribution is -0.00670. The summed E-state index contributed by atoms with van der Waals surface area (Å²) in [6.07, 6.45) is 5.77. The molecule has 88 valence electrons. The van der Waals surface area contributed by atoms with Crippen LogP contribution in [0.25, 0.3) is 0 Å². The molecule has 1 heterocycles. The number of ether oxygens (including phenoxy) is 1. The van der Waals surface area contributed by atoms with E-state index in [2.05, 4.69) is 19.2 Å². The highest BCUT2D eigenvalue weighted by Gasteiger charge is 2.24. The highest BCUT2D eigenvalue weighted by molar-refractivity contribution is 4.77. The van der Waals surface area contributed by atoms with E-state index in [0.717, 1.165) is 24.4 Å². The van der Waals surface area contributed by atoms with Crippen molar-refractivity contribution in [3.8, 4) is 0 Å². The summed E-state index contributed by atoms with van der Waals surface area (Å²) in [7, 11) is 0. The van der Waals surface area contributed by atoms with Gasteiger partial charge in [-0.25, -0.2) is 0 Å². The van der Waals surface area contributed by atoms with Gasteiger partial charge in [0.15, 0.2) is 0 Å². The van der Waals surface area contributed by atoms with E-state index in [-0.39, 0.29) is 0 Å². The topological polar surface area (TPSA) is 21.3 Å². The van der Waals surface area contributed by atoms with Crippen molar-refractivity contribution < 1.29 is 4.74 Å². The van der Waals surface area contributed by atoms with E-state index < -0.39 is 0 Å². The van der Waals surface area contributed by atoms with Crippen LogP contribution < -0.4 is 5.32 Å². The number of rotatable bonds is 4. The predicted octanol–water partition coefficient (Wildman–Crippen LogP) is 2.44. The van der Waals surface area contributed by atoms with Gasteiger partial charge in [-0.1, -0.05) is 13.8 Å². The largest absolute Gasteiger partial charge is 0.378 e. The molecular formula is C13H25NO. The Morgan fingerprint density at radius 2 is 1.73 bits per heavy atom. The monoisotopic (exact) mass is 211 g/mol. The zero-order valence-electron chi connectivity index (χ0n) is 10.2. The van der Waals surface area contributed by atoms with Gasteiger partial charge in [0.25, 0.3) is 0 Å². The van der Waals surface area contributed by atoms with E-state index in [1.165, 1.54) is 38.8 Å². The van der Waals surface area contributed by atoms with E-state index in [0.29, 0.717) is 6.10 Å². The number of hydrogen-bond acceptors (Lipinski definition) is 2. The SMILES string of the molecule is CC1CC(C)CC(OCCC2CNC2)C1. The molecule has 0 spiro atoms. The molecule has 1 saturated heterocycles. The third-order valence-electron chi connectivity index (χ3n) is 3.88. The zero-order chi connectivity index (χ0) is 10.7. The Morgan fingerprint density at radius 3 is 2.27 bits per heavy atom. The Balaban J connectivity index is 1.60. The number of nitrogens with one attached hydrogen (secondary N) is 1. The fraction of sp³-hybridized carbons (Fsp3) is 1.00. The van der Waals surface area contributed by atoms with Gasteiger partial charge < -0.3 is 10.1 Å². The summed E-state index contributed by atoms with van der Waals surface area (Å²) in [6.45, 7) is 8.13. The Kier molecular flexibility index (Phi) is 4.04. The van der Waals surface area contributed by atoms with Crippen molar-refractivity contribution in [2.45, 2.75) is 45.6 Å². The molecule has 0 radical (unpaired) electrons. The molecule has 0 aromatic rings. The van der Waals surface area contributed by atoms with Gasteiger partial charge in [0.05, 0.1) is 6.10 Å². The maximum Gasteiger partial charge on any atom is 0.0580 e. The molecule has 2 aliphatic rings. The highest BCUT2D eigenvalue weighted by Crippen LogP contribution is 2.30. The first-order valence-electron chi connectivity index (χ1n) is 6.56. The van der Waals surface area contributed by atoms with Crippen LogP contribution in [0.3, 0.4) is 0 Å². The molecule has 2 atom stereocenters. The normalized spacial score (nSPS) is 37.6. The third-order valence-corrected chi connectivity index (χ3v) is 3.88. The Morgan fingerprint density at radius 1 is 1.07 bits per heavy atom. The summed E-state index contributed by atoms with van der Waals surface area (Å²) in [6, 6.07) is 0. The van der Waals surface area contributed by atoms with Crippen molar-refractivity contribution in [1.82, 2.24) is 5.32 Å². The van der Waals surface area contributed by atoms with Crippen molar-refractivity contribution >= 4 is 0 Å². The summed E-state index contributed by atoms with van der Waals surface area (Å²) in [5, 5.41) is 3.31. The van der Waals surface area contributed by atoms with Crippen molar-refractivity contribution in [3.63, 3.8) is 0 Å². The molecule has 0 bridgehead atoms. The maximum atomic E-state index is 6.00. The molecular weight excluding hydrogens is 186 g/mol. The summed E-state index contributed by atoms with van der Waals surface area (Å²) < 4.78 is 6.00. The fourth-order valence-corrected chi connectivity index (χ4v) is 2.96. The first-order chi connectivity index (χ1) is 7.24. The van der Waals surface area contributed by atoms with Crippen molar-refractivity contribution in [2.24, 2.45) is 17.8 Å². The molecule has 1 N–H and O–H groups in total. The highest BCUT2D eigenvalue weighted by atomic mass is 16.5. The lowest BCUT2D eigenvalue weighted by Crippen LogP contribution is -2.42. The molecule has 2 unspecified atom stereocenters. The molecule has 0 aromatic carbocycles. The molecule has 1 saturated carbocycles. The second kappa shape index (κ2) is 5.31. The summed E-state index contributed by atoms with van der Waals surface area (Å²) >= 11 is 0. The molecule has 2 rings (SSSR count). The van der Waals surface area contributed by atoms with Crippen LogP contribution >= 0.6 is 0 Å². The predicted molar refractivity (Wildman–Crippen MR) is 62.9 cm³/mol. The first-order valence-corrected chi connectivity index (χ1v) is 6.56. The standard InChI is InChI=1S/C13H25NO/c1-10-5-11(2)7-13(6-10)15-4-3-12-8-14-9-12/h10-14H,3-9H2,1-2H3. The Labute approximate surface area is 93.8 Å². The quantitative estimate of drug-likeness (QED) is 0.771. The van der Waals surface area contributed by atoms with Gasteiger partial charge in [0.2, 0.25) is 0 Å². The summed E-state index contributed by atoms with van der Waals surface area (Å²) in [5.74, 6) is 2.62. The summed E-state index contributed by atoms with van der Waals surface area (Å²) in [4.78, 5) is 0. The van der Waals surface area contributed by atoms with Gasteiger partial charge in [-0.05, 0) is 56.5 Å². The van der Waals surface area contributed by atoms with Crippen LogP contribution in [0.5, 0.6) is 0 Å². The van der Waals surface area contributed by atoms with Crippen molar-refractivity contribution in [1.29, 1.82) is 0 Å². The minimum atomic E-state index is 0.553. The first kappa shape index (κ1) is 11.4. The van der Waals surface area contributed by atoms with E-state index in [9.17, 15) is 0 Å². The van der Waals surface area contributed by atoms with Gasteiger partial charge in [-0.3, -0.25) is 0 Å². The average Bonchev–Trinajstić information content (AvgIpc) is 2.07. The Bertz CT molecular complexity index is 181. The second-order valence-electron chi connectivity index (χ2n) is 5.72. The van der Waals surface area contributed by atoms with Gasteiger partial charge in [0, 0.05) is 6.61 Å². The smallest absolute Gasteiger partial charge is 0.0580 e. The average molecular weight is 211 g/mol. The molecule has 1 aliphatic carbocycles. The minimum absolute atomic E-state index is 0.553. The van der Waals surface area contributed by atoms with Crippen LogP contribution in [-0.2, 0) is 4.74 Å². The summed E-state index contributed by atoms with van der Waals surface area (Å²) in [5.41, 5.74) is 0. The van der Waals surface area contributed by atoms with Gasteiger partial charge >= 0.3 is 0 Å². The van der Waals surface area contributed by atoms with E-state index in [4.69, 9.17) is 4.74 Å². The van der Waals surface area contributed by atoms with E-state index in [1.54, 1.807) is 0 Å². The Hall–Kier alpha value is -0.0800. The van der Waals surface area contributed by atoms with Crippen LogP contribution in [0.1, 0.15) is 39.5 Å². The van der Waals surface area contributed by atoms with E-state index in [1.807, 2.05) is 0 Å². The minimum Gasteiger partial charge on any atom is -0.378 e. The van der Waals surface area contributed by atoms with Crippen LogP contribution in [0.2, 0.25) is 0 Å². The fourth-order valence-electron chi connectivity index (χ4n) is 2.96. The van der Waals surface area contributed by atoms with Crippen LogP contribution in [-0.4, -0.2) is 25.8 Å². The third kappa shape index (κ3) is 3.46. The zero-order valence-corrected chi connectivity index (χ0v) is 10.2. The van der Waals surface area contributed by atoms with Crippen molar-refractivity contribution in [2.75, 3.05) is 19.7 Å². The maximum absolute atomic E-state index is 6.00.